The average Bonchev–Trinajstić information content (AvgIpc) is 2.44. The van der Waals surface area contributed by atoms with Crippen LogP contribution in [-0.4, -0.2) is 29.3 Å². The Hall–Kier alpha value is -2.08. The molecule has 0 bridgehead atoms. The third-order valence-electron chi connectivity index (χ3n) is 2.61. The molecule has 110 valence electrons. The number of nitrogens with zero attached hydrogens (tertiary/aromatic N) is 1. The summed E-state index contributed by atoms with van der Waals surface area (Å²) in [4.78, 5) is 15.0. The number of aromatic carboxylic acids is 1. The molecule has 1 heterocycles. The maximum absolute atomic E-state index is 11.1. The molecule has 0 aliphatic heterocycles. The van der Waals surface area contributed by atoms with E-state index in [9.17, 15) is 4.79 Å². The lowest BCUT2D eigenvalue weighted by molar-refractivity contribution is 0.0684. The van der Waals surface area contributed by atoms with Gasteiger partial charge in [0.05, 0.1) is 0 Å². The number of pyridine rings is 1. The third-order valence-corrected chi connectivity index (χ3v) is 3.10. The molecule has 0 aliphatic carbocycles. The van der Waals surface area contributed by atoms with E-state index < -0.39 is 5.97 Å². The molecule has 0 unspecified atom stereocenters. The summed E-state index contributed by atoms with van der Waals surface area (Å²) in [5.74, 6) is -0.152. The molecule has 2 aromatic rings. The van der Waals surface area contributed by atoms with Crippen molar-refractivity contribution in [1.29, 1.82) is 0 Å². The van der Waals surface area contributed by atoms with E-state index in [1.807, 2.05) is 24.3 Å². The van der Waals surface area contributed by atoms with Gasteiger partial charge in [-0.25, -0.2) is 9.78 Å². The number of hydrogen-bond acceptors (Lipinski definition) is 4. The van der Waals surface area contributed by atoms with Gasteiger partial charge in [-0.05, 0) is 37.3 Å². The molecule has 0 aliphatic rings. The van der Waals surface area contributed by atoms with Crippen LogP contribution in [0.15, 0.2) is 40.9 Å². The van der Waals surface area contributed by atoms with Gasteiger partial charge < -0.3 is 14.6 Å². The van der Waals surface area contributed by atoms with Crippen LogP contribution in [0.5, 0.6) is 11.5 Å². The number of carbonyl (C=O) groups is 1. The standard InChI is InChI=1S/C15H14BrNO4/c1-10-5-6-13(14(17-10)15(18)19)21-8-7-20-12-4-2-3-11(16)9-12/h2-6,9H,7-8H2,1H3,(H,18,19). The van der Waals surface area contributed by atoms with Gasteiger partial charge in [0.2, 0.25) is 0 Å². The average molecular weight is 352 g/mol. The normalized spacial score (nSPS) is 10.2. The lowest BCUT2D eigenvalue weighted by Gasteiger charge is -2.10. The van der Waals surface area contributed by atoms with E-state index >= 15 is 0 Å². The second-order valence-corrected chi connectivity index (χ2v) is 5.17. The summed E-state index contributed by atoms with van der Waals surface area (Å²) in [6, 6.07) is 10.8. The van der Waals surface area contributed by atoms with Crippen LogP contribution in [0.1, 0.15) is 16.2 Å². The van der Waals surface area contributed by atoms with Crippen molar-refractivity contribution in [3.8, 4) is 11.5 Å². The van der Waals surface area contributed by atoms with Gasteiger partial charge in [-0.15, -0.1) is 0 Å². The largest absolute Gasteiger partial charge is 0.490 e. The summed E-state index contributed by atoms with van der Waals surface area (Å²) in [6.07, 6.45) is 0. The number of ether oxygens (including phenoxy) is 2. The summed E-state index contributed by atoms with van der Waals surface area (Å²) in [5.41, 5.74) is 0.544. The summed E-state index contributed by atoms with van der Waals surface area (Å²) in [7, 11) is 0. The number of hydrogen-bond donors (Lipinski definition) is 1. The van der Waals surface area contributed by atoms with Crippen molar-refractivity contribution in [3.63, 3.8) is 0 Å². The third kappa shape index (κ3) is 4.46. The van der Waals surface area contributed by atoms with E-state index in [0.717, 1.165) is 4.47 Å². The highest BCUT2D eigenvalue weighted by Crippen LogP contribution is 2.19. The maximum atomic E-state index is 11.1. The molecular formula is C15H14BrNO4. The fourth-order valence-electron chi connectivity index (χ4n) is 1.68. The first-order valence-corrected chi connectivity index (χ1v) is 7.07. The Morgan fingerprint density at radius 2 is 2.00 bits per heavy atom. The highest BCUT2D eigenvalue weighted by atomic mass is 79.9. The van der Waals surface area contributed by atoms with Gasteiger partial charge in [-0.1, -0.05) is 22.0 Å². The number of carboxylic acids is 1. The molecule has 1 aromatic heterocycles. The smallest absolute Gasteiger partial charge is 0.358 e. The van der Waals surface area contributed by atoms with Gasteiger partial charge in [-0.3, -0.25) is 0 Å². The Morgan fingerprint density at radius 3 is 2.71 bits per heavy atom. The molecule has 0 fully saturated rings. The van der Waals surface area contributed by atoms with Crippen LogP contribution in [0, 0.1) is 6.92 Å². The fourth-order valence-corrected chi connectivity index (χ4v) is 2.06. The molecule has 0 saturated carbocycles. The number of benzene rings is 1. The molecule has 0 amide bonds. The molecule has 21 heavy (non-hydrogen) atoms. The van der Waals surface area contributed by atoms with E-state index in [4.69, 9.17) is 14.6 Å². The topological polar surface area (TPSA) is 68.7 Å². The van der Waals surface area contributed by atoms with Crippen LogP contribution in [0.25, 0.3) is 0 Å². The Labute approximate surface area is 130 Å². The highest BCUT2D eigenvalue weighted by molar-refractivity contribution is 9.10. The first-order chi connectivity index (χ1) is 10.1. The van der Waals surface area contributed by atoms with Gasteiger partial charge in [0.25, 0.3) is 0 Å². The minimum absolute atomic E-state index is 0.0857. The lowest BCUT2D eigenvalue weighted by atomic mass is 10.3. The van der Waals surface area contributed by atoms with Crippen molar-refractivity contribution >= 4 is 21.9 Å². The molecule has 1 aromatic carbocycles. The predicted molar refractivity (Wildman–Crippen MR) is 81.1 cm³/mol. The molecule has 0 saturated heterocycles. The summed E-state index contributed by atoms with van der Waals surface area (Å²) in [5, 5.41) is 9.08. The molecule has 1 N–H and O–H groups in total. The fraction of sp³-hybridized carbons (Fsp3) is 0.200. The molecular weight excluding hydrogens is 338 g/mol. The molecule has 6 heteroatoms. The minimum Gasteiger partial charge on any atom is -0.490 e. The number of aryl methyl sites for hydroxylation is 1. The van der Waals surface area contributed by atoms with Crippen LogP contribution < -0.4 is 9.47 Å². The van der Waals surface area contributed by atoms with Crippen LogP contribution in [0.3, 0.4) is 0 Å². The number of halogens is 1. The Morgan fingerprint density at radius 1 is 1.24 bits per heavy atom. The minimum atomic E-state index is -1.11. The van der Waals surface area contributed by atoms with E-state index in [1.54, 1.807) is 19.1 Å². The van der Waals surface area contributed by atoms with Crippen LogP contribution in [-0.2, 0) is 0 Å². The zero-order valence-electron chi connectivity index (χ0n) is 11.4. The van der Waals surface area contributed by atoms with Gasteiger partial charge in [0.1, 0.15) is 19.0 Å². The van der Waals surface area contributed by atoms with Crippen LogP contribution >= 0.6 is 15.9 Å². The number of aromatic nitrogens is 1. The van der Waals surface area contributed by atoms with E-state index in [0.29, 0.717) is 18.1 Å². The molecule has 5 nitrogen and oxygen atoms in total. The van der Waals surface area contributed by atoms with Gasteiger partial charge in [-0.2, -0.15) is 0 Å². The zero-order chi connectivity index (χ0) is 15.2. The first-order valence-electron chi connectivity index (χ1n) is 6.28. The molecule has 0 spiro atoms. The monoisotopic (exact) mass is 351 g/mol. The quantitative estimate of drug-likeness (QED) is 0.808. The second-order valence-electron chi connectivity index (χ2n) is 4.26. The van der Waals surface area contributed by atoms with Crippen molar-refractivity contribution in [1.82, 2.24) is 4.98 Å². The van der Waals surface area contributed by atoms with E-state index in [1.165, 1.54) is 0 Å². The van der Waals surface area contributed by atoms with Crippen molar-refractivity contribution < 1.29 is 19.4 Å². The molecule has 2 rings (SSSR count). The van der Waals surface area contributed by atoms with E-state index in [2.05, 4.69) is 20.9 Å². The molecule has 0 atom stereocenters. The summed E-state index contributed by atoms with van der Waals surface area (Å²) < 4.78 is 11.9. The van der Waals surface area contributed by atoms with Crippen molar-refractivity contribution in [2.75, 3.05) is 13.2 Å². The first kappa shape index (κ1) is 15.3. The van der Waals surface area contributed by atoms with Crippen molar-refractivity contribution in [2.45, 2.75) is 6.92 Å². The number of carboxylic acid groups (broad SMARTS) is 1. The second kappa shape index (κ2) is 7.08. The Bertz CT molecular complexity index is 645. The van der Waals surface area contributed by atoms with Crippen LogP contribution in [0.2, 0.25) is 0 Å². The van der Waals surface area contributed by atoms with Gasteiger partial charge in [0.15, 0.2) is 11.4 Å². The lowest BCUT2D eigenvalue weighted by Crippen LogP contribution is -2.12. The zero-order valence-corrected chi connectivity index (χ0v) is 13.0. The number of rotatable bonds is 6. The van der Waals surface area contributed by atoms with Gasteiger partial charge >= 0.3 is 5.97 Å². The maximum Gasteiger partial charge on any atom is 0.358 e. The predicted octanol–water partition coefficient (Wildman–Crippen LogP) is 3.31. The Balaban J connectivity index is 1.90. The highest BCUT2D eigenvalue weighted by Gasteiger charge is 2.13. The van der Waals surface area contributed by atoms with Crippen molar-refractivity contribution in [3.05, 3.63) is 52.3 Å². The van der Waals surface area contributed by atoms with Crippen molar-refractivity contribution in [2.24, 2.45) is 0 Å². The Kier molecular flexibility index (Phi) is 5.16. The molecule has 0 radical (unpaired) electrons. The van der Waals surface area contributed by atoms with E-state index in [-0.39, 0.29) is 18.1 Å². The summed E-state index contributed by atoms with van der Waals surface area (Å²) >= 11 is 3.36. The SMILES string of the molecule is Cc1ccc(OCCOc2cccc(Br)c2)c(C(=O)O)n1. The summed E-state index contributed by atoms with van der Waals surface area (Å²) in [6.45, 7) is 2.27. The van der Waals surface area contributed by atoms with Crippen LogP contribution in [0.4, 0.5) is 0 Å². The van der Waals surface area contributed by atoms with Gasteiger partial charge in [0, 0.05) is 10.2 Å².